The third kappa shape index (κ3) is 4.54. The minimum Gasteiger partial charge on any atom is -0.381 e. The van der Waals surface area contributed by atoms with Crippen LogP contribution in [0.4, 0.5) is 0 Å². The molecule has 0 unspecified atom stereocenters. The molecule has 1 atom stereocenters. The van der Waals surface area contributed by atoms with Crippen LogP contribution in [0.25, 0.3) is 10.2 Å². The van der Waals surface area contributed by atoms with Gasteiger partial charge in [0.25, 0.3) is 0 Å². The molecule has 0 radical (unpaired) electrons. The van der Waals surface area contributed by atoms with Crippen molar-refractivity contribution in [2.75, 3.05) is 32.8 Å². The fourth-order valence-corrected chi connectivity index (χ4v) is 6.03. The largest absolute Gasteiger partial charge is 0.381 e. The van der Waals surface area contributed by atoms with Gasteiger partial charge < -0.3 is 14.8 Å². The van der Waals surface area contributed by atoms with Crippen LogP contribution in [-0.4, -0.2) is 60.3 Å². The molecule has 3 saturated heterocycles. The second-order valence-corrected chi connectivity index (χ2v) is 10.1. The fraction of sp³-hybridized carbons (Fsp3) is 0.652. The van der Waals surface area contributed by atoms with Crippen LogP contribution in [0.3, 0.4) is 0 Å². The zero-order valence-corrected chi connectivity index (χ0v) is 18.3. The first kappa shape index (κ1) is 20.4. The van der Waals surface area contributed by atoms with Gasteiger partial charge in [-0.25, -0.2) is 4.98 Å². The van der Waals surface area contributed by atoms with E-state index in [1.54, 1.807) is 11.3 Å². The van der Waals surface area contributed by atoms with E-state index in [-0.39, 0.29) is 23.5 Å². The van der Waals surface area contributed by atoms with Crippen LogP contribution in [0.2, 0.25) is 0 Å². The van der Waals surface area contributed by atoms with Gasteiger partial charge in [-0.2, -0.15) is 0 Å². The van der Waals surface area contributed by atoms with Crippen LogP contribution in [0.5, 0.6) is 0 Å². The summed E-state index contributed by atoms with van der Waals surface area (Å²) in [6.45, 7) is 5.09. The molecule has 0 bridgehead atoms. The molecule has 30 heavy (non-hydrogen) atoms. The number of piperidine rings is 1. The van der Waals surface area contributed by atoms with Gasteiger partial charge in [-0.3, -0.25) is 9.69 Å². The second kappa shape index (κ2) is 8.91. The van der Waals surface area contributed by atoms with Crippen LogP contribution in [0.15, 0.2) is 24.3 Å². The van der Waals surface area contributed by atoms with Crippen molar-refractivity contribution in [3.8, 4) is 0 Å². The number of thiazole rings is 1. The van der Waals surface area contributed by atoms with Crippen LogP contribution >= 0.6 is 11.3 Å². The molecular weight excluding hydrogens is 398 g/mol. The van der Waals surface area contributed by atoms with Crippen molar-refractivity contribution in [1.82, 2.24) is 15.2 Å². The summed E-state index contributed by atoms with van der Waals surface area (Å²) < 4.78 is 13.1. The molecule has 6 nitrogen and oxygen atoms in total. The second-order valence-electron chi connectivity index (χ2n) is 8.94. The Morgan fingerprint density at radius 1 is 1.17 bits per heavy atom. The van der Waals surface area contributed by atoms with Gasteiger partial charge in [0.05, 0.1) is 28.5 Å². The molecule has 0 aliphatic carbocycles. The van der Waals surface area contributed by atoms with E-state index in [1.807, 2.05) is 0 Å². The maximum absolute atomic E-state index is 12.4. The Labute approximate surface area is 181 Å². The molecule has 3 aliphatic rings. The number of benzene rings is 1. The minimum absolute atomic E-state index is 0.0121. The lowest BCUT2D eigenvalue weighted by atomic mass is 9.88. The highest BCUT2D eigenvalue weighted by Crippen LogP contribution is 2.39. The molecule has 2 aromatic rings. The molecule has 5 rings (SSSR count). The Kier molecular flexibility index (Phi) is 6.05. The zero-order valence-electron chi connectivity index (χ0n) is 17.5. The number of amides is 1. The van der Waals surface area contributed by atoms with Crippen LogP contribution in [0.1, 0.15) is 43.5 Å². The normalized spacial score (nSPS) is 25.1. The number of ether oxygens (including phenoxy) is 2. The lowest BCUT2D eigenvalue weighted by molar-refractivity contribution is -0.129. The number of likely N-dealkylation sites (tertiary alicyclic amines) is 1. The van der Waals surface area contributed by atoms with Crippen LogP contribution < -0.4 is 5.32 Å². The smallest absolute Gasteiger partial charge is 0.223 e. The van der Waals surface area contributed by atoms with Crippen molar-refractivity contribution in [1.29, 1.82) is 0 Å². The SMILES string of the molecule is O=C(NC[C@@H]1CCC2(CCN(Cc3nc4ccccc4s3)CC2)O1)C1CCOCC1. The van der Waals surface area contributed by atoms with Gasteiger partial charge in [0.2, 0.25) is 5.91 Å². The molecule has 0 saturated carbocycles. The van der Waals surface area contributed by atoms with Gasteiger partial charge in [-0.15, -0.1) is 11.3 Å². The molecule has 3 fully saturated rings. The highest BCUT2D eigenvalue weighted by Gasteiger charge is 2.42. The van der Waals surface area contributed by atoms with Crippen LogP contribution in [0, 0.1) is 5.92 Å². The summed E-state index contributed by atoms with van der Waals surface area (Å²) in [4.78, 5) is 19.7. The number of hydrogen-bond acceptors (Lipinski definition) is 6. The number of para-hydroxylation sites is 1. The average Bonchev–Trinajstić information content (AvgIpc) is 3.38. The zero-order chi connectivity index (χ0) is 20.4. The van der Waals surface area contributed by atoms with Gasteiger partial charge in [-0.1, -0.05) is 12.1 Å². The van der Waals surface area contributed by atoms with Crippen molar-refractivity contribution in [2.45, 2.75) is 56.8 Å². The molecule has 4 heterocycles. The lowest BCUT2D eigenvalue weighted by Gasteiger charge is -2.39. The molecule has 7 heteroatoms. The van der Waals surface area contributed by atoms with Gasteiger partial charge in [0.15, 0.2) is 0 Å². The summed E-state index contributed by atoms with van der Waals surface area (Å²) >= 11 is 1.80. The quantitative estimate of drug-likeness (QED) is 0.790. The molecule has 1 aromatic heterocycles. The van der Waals surface area contributed by atoms with E-state index in [2.05, 4.69) is 34.5 Å². The monoisotopic (exact) mass is 429 g/mol. The topological polar surface area (TPSA) is 63.7 Å². The summed E-state index contributed by atoms with van der Waals surface area (Å²) in [6, 6.07) is 8.37. The van der Waals surface area contributed by atoms with Crippen molar-refractivity contribution in [3.05, 3.63) is 29.3 Å². The Morgan fingerprint density at radius 3 is 2.77 bits per heavy atom. The summed E-state index contributed by atoms with van der Waals surface area (Å²) in [5, 5.41) is 4.34. The molecule has 162 valence electrons. The van der Waals surface area contributed by atoms with E-state index in [0.29, 0.717) is 19.8 Å². The molecule has 1 amide bonds. The van der Waals surface area contributed by atoms with E-state index in [0.717, 1.165) is 63.7 Å². The summed E-state index contributed by atoms with van der Waals surface area (Å²) in [6.07, 6.45) is 6.14. The standard InChI is InChI=1S/C23H31N3O3S/c27-22(17-6-13-28-14-7-17)24-15-18-5-8-23(29-18)9-11-26(12-10-23)16-21-25-19-3-1-2-4-20(19)30-21/h1-4,17-18H,5-16H2,(H,24,27)/t18-/m0/s1. The maximum atomic E-state index is 12.4. The molecule has 1 N–H and O–H groups in total. The Bertz CT molecular complexity index is 838. The Balaban J connectivity index is 1.08. The number of nitrogens with zero attached hydrogens (tertiary/aromatic N) is 2. The van der Waals surface area contributed by atoms with E-state index in [4.69, 9.17) is 14.5 Å². The minimum atomic E-state index is 0.0121. The van der Waals surface area contributed by atoms with Crippen molar-refractivity contribution >= 4 is 27.5 Å². The van der Waals surface area contributed by atoms with Gasteiger partial charge in [0.1, 0.15) is 5.01 Å². The lowest BCUT2D eigenvalue weighted by Crippen LogP contribution is -2.45. The number of carbonyl (C=O) groups excluding carboxylic acids is 1. The van der Waals surface area contributed by atoms with Crippen molar-refractivity contribution < 1.29 is 14.3 Å². The highest BCUT2D eigenvalue weighted by molar-refractivity contribution is 7.18. The van der Waals surface area contributed by atoms with Gasteiger partial charge >= 0.3 is 0 Å². The third-order valence-corrected chi connectivity index (χ3v) is 7.92. The van der Waals surface area contributed by atoms with Crippen molar-refractivity contribution in [3.63, 3.8) is 0 Å². The predicted octanol–water partition coefficient (Wildman–Crippen LogP) is 3.35. The number of fused-ring (bicyclic) bond motifs is 1. The summed E-state index contributed by atoms with van der Waals surface area (Å²) in [7, 11) is 0. The van der Waals surface area contributed by atoms with E-state index in [9.17, 15) is 4.79 Å². The number of nitrogens with one attached hydrogen (secondary N) is 1. The molecule has 1 aromatic carbocycles. The average molecular weight is 430 g/mol. The number of aromatic nitrogens is 1. The van der Waals surface area contributed by atoms with E-state index in [1.165, 1.54) is 9.71 Å². The fourth-order valence-electron chi connectivity index (χ4n) is 5.02. The van der Waals surface area contributed by atoms with Crippen molar-refractivity contribution in [2.24, 2.45) is 5.92 Å². The third-order valence-electron chi connectivity index (χ3n) is 6.90. The first-order chi connectivity index (χ1) is 14.7. The molecule has 1 spiro atoms. The number of carbonyl (C=O) groups is 1. The Hall–Kier alpha value is -1.54. The molecular formula is C23H31N3O3S. The summed E-state index contributed by atoms with van der Waals surface area (Å²) in [5.41, 5.74) is 1.12. The predicted molar refractivity (Wildman–Crippen MR) is 118 cm³/mol. The first-order valence-electron chi connectivity index (χ1n) is 11.3. The van der Waals surface area contributed by atoms with E-state index >= 15 is 0 Å². The first-order valence-corrected chi connectivity index (χ1v) is 12.1. The van der Waals surface area contributed by atoms with E-state index < -0.39 is 0 Å². The Morgan fingerprint density at radius 2 is 1.97 bits per heavy atom. The number of rotatable bonds is 5. The van der Waals surface area contributed by atoms with Gasteiger partial charge in [-0.05, 0) is 50.7 Å². The van der Waals surface area contributed by atoms with Crippen LogP contribution in [-0.2, 0) is 20.8 Å². The maximum Gasteiger partial charge on any atom is 0.223 e. The molecule has 3 aliphatic heterocycles. The number of hydrogen-bond donors (Lipinski definition) is 1. The summed E-state index contributed by atoms with van der Waals surface area (Å²) in [5.74, 6) is 0.286. The highest BCUT2D eigenvalue weighted by atomic mass is 32.1. The van der Waals surface area contributed by atoms with Gasteiger partial charge in [0, 0.05) is 38.8 Å².